The molecule has 1 rings (SSSR count). The van der Waals surface area contributed by atoms with Crippen LogP contribution in [0, 0.1) is 17.5 Å². The lowest BCUT2D eigenvalue weighted by Gasteiger charge is -2.01. The molecule has 0 bridgehead atoms. The van der Waals surface area contributed by atoms with E-state index in [-0.39, 0.29) is 18.1 Å². The first-order valence-electron chi connectivity index (χ1n) is 2.77. The number of nitrogens with one attached hydrogen (secondary N) is 1. The molecule has 0 saturated heterocycles. The molecule has 0 radical (unpaired) electrons. The van der Waals surface area contributed by atoms with Crippen molar-refractivity contribution in [3.63, 3.8) is 0 Å². The van der Waals surface area contributed by atoms with Crippen LogP contribution in [-0.4, -0.2) is 0 Å². The Morgan fingerprint density at radius 1 is 1.08 bits per heavy atom. The third-order valence-corrected chi connectivity index (χ3v) is 1.19. The van der Waals surface area contributed by atoms with Crippen LogP contribution in [0.3, 0.4) is 0 Å². The highest BCUT2D eigenvalue weighted by Crippen LogP contribution is 2.17. The highest BCUT2D eigenvalue weighted by Gasteiger charge is 2.11. The predicted molar refractivity (Wildman–Crippen MR) is 41.4 cm³/mol. The molecule has 0 amide bonds. The average molecular weight is 199 g/mol. The Morgan fingerprint density at radius 3 is 2.17 bits per heavy atom. The van der Waals surface area contributed by atoms with E-state index in [0.717, 1.165) is 12.1 Å². The third kappa shape index (κ3) is 1.80. The minimum atomic E-state index is -1.53. The van der Waals surface area contributed by atoms with E-state index in [1.807, 2.05) is 5.43 Å². The maximum absolute atomic E-state index is 12.5. The summed E-state index contributed by atoms with van der Waals surface area (Å²) in [5, 5.41) is 0. The molecular weight excluding hydrogens is 193 g/mol. The minimum Gasteiger partial charge on any atom is -0.321 e. The first-order valence-corrected chi connectivity index (χ1v) is 2.77. The first kappa shape index (κ1) is 11.1. The van der Waals surface area contributed by atoms with Crippen LogP contribution in [-0.2, 0) is 0 Å². The molecule has 0 unspecified atom stereocenters. The second-order valence-electron chi connectivity index (χ2n) is 1.87. The van der Waals surface area contributed by atoms with E-state index in [4.69, 9.17) is 5.84 Å². The van der Waals surface area contributed by atoms with Crippen molar-refractivity contribution in [3.05, 3.63) is 29.6 Å². The van der Waals surface area contributed by atoms with Gasteiger partial charge in [0.05, 0.1) is 5.69 Å². The fraction of sp³-hybridized carbons (Fsp3) is 0. The van der Waals surface area contributed by atoms with Gasteiger partial charge in [0.2, 0.25) is 0 Å². The van der Waals surface area contributed by atoms with E-state index >= 15 is 0 Å². The Hall–Kier alpha value is -0.940. The van der Waals surface area contributed by atoms with Crippen LogP contribution in [0.4, 0.5) is 18.9 Å². The molecule has 0 aliphatic heterocycles. The summed E-state index contributed by atoms with van der Waals surface area (Å²) in [6.07, 6.45) is 0. The summed E-state index contributed by atoms with van der Waals surface area (Å²) in [6.45, 7) is 0. The lowest BCUT2D eigenvalue weighted by Crippen LogP contribution is -2.09. The molecule has 0 aromatic heterocycles. The smallest absolute Gasteiger partial charge is 0.196 e. The van der Waals surface area contributed by atoms with E-state index in [1.165, 1.54) is 0 Å². The summed E-state index contributed by atoms with van der Waals surface area (Å²) in [5.74, 6) is 0.716. The van der Waals surface area contributed by atoms with Gasteiger partial charge in [-0.3, -0.25) is 5.84 Å². The normalized spacial score (nSPS) is 9.00. The van der Waals surface area contributed by atoms with Crippen molar-refractivity contribution in [2.45, 2.75) is 0 Å². The van der Waals surface area contributed by atoms with Crippen LogP contribution < -0.4 is 11.3 Å². The summed E-state index contributed by atoms with van der Waals surface area (Å²) in [5.41, 5.74) is 1.61. The monoisotopic (exact) mass is 198 g/mol. The summed E-state index contributed by atoms with van der Waals surface area (Å²) in [6, 6.07) is 1.79. The van der Waals surface area contributed by atoms with Gasteiger partial charge in [-0.25, -0.2) is 13.2 Å². The SMILES string of the molecule is Cl.NNc1ccc(F)c(F)c1F. The Bertz CT molecular complexity index is 280. The van der Waals surface area contributed by atoms with E-state index < -0.39 is 17.5 Å². The number of hydrazine groups is 1. The standard InChI is InChI=1S/C6H5F3N2.ClH/c7-3-1-2-4(11-10)6(9)5(3)8;/h1-2,11H,10H2;1H. The number of anilines is 1. The maximum atomic E-state index is 12.5. The Kier molecular flexibility index (Phi) is 3.85. The second-order valence-corrected chi connectivity index (χ2v) is 1.87. The van der Waals surface area contributed by atoms with Crippen molar-refractivity contribution >= 4 is 18.1 Å². The van der Waals surface area contributed by atoms with Gasteiger partial charge in [0.15, 0.2) is 17.5 Å². The molecule has 3 N–H and O–H groups in total. The molecule has 2 nitrogen and oxygen atoms in total. The molecule has 1 aromatic rings. The van der Waals surface area contributed by atoms with Gasteiger partial charge in [-0.1, -0.05) is 0 Å². The van der Waals surface area contributed by atoms with Gasteiger partial charge in [0, 0.05) is 0 Å². The Morgan fingerprint density at radius 2 is 1.67 bits per heavy atom. The molecule has 0 heterocycles. The average Bonchev–Trinajstić information content (AvgIpc) is 2.01. The number of halogens is 4. The molecule has 0 aliphatic rings. The number of nitrogens with two attached hydrogens (primary N) is 1. The molecule has 6 heteroatoms. The molecule has 0 atom stereocenters. The summed E-state index contributed by atoms with van der Waals surface area (Å²) in [4.78, 5) is 0. The van der Waals surface area contributed by atoms with Gasteiger partial charge in [-0.2, -0.15) is 0 Å². The fourth-order valence-corrected chi connectivity index (χ4v) is 0.637. The van der Waals surface area contributed by atoms with E-state index in [2.05, 4.69) is 0 Å². The predicted octanol–water partition coefficient (Wildman–Crippen LogP) is 1.81. The zero-order valence-electron chi connectivity index (χ0n) is 5.77. The fourth-order valence-electron chi connectivity index (χ4n) is 0.637. The molecule has 68 valence electrons. The van der Waals surface area contributed by atoms with Gasteiger partial charge >= 0.3 is 0 Å². The largest absolute Gasteiger partial charge is 0.321 e. The van der Waals surface area contributed by atoms with Crippen molar-refractivity contribution < 1.29 is 13.2 Å². The molecule has 0 spiro atoms. The van der Waals surface area contributed by atoms with Crippen LogP contribution in [0.5, 0.6) is 0 Å². The summed E-state index contributed by atoms with van der Waals surface area (Å²) < 4.78 is 37.1. The van der Waals surface area contributed by atoms with Crippen LogP contribution in [0.2, 0.25) is 0 Å². The maximum Gasteiger partial charge on any atom is 0.196 e. The van der Waals surface area contributed by atoms with Gasteiger partial charge in [0.25, 0.3) is 0 Å². The highest BCUT2D eigenvalue weighted by molar-refractivity contribution is 5.85. The first-order chi connectivity index (χ1) is 5.16. The number of nitrogen functional groups attached to an aromatic ring is 1. The zero-order chi connectivity index (χ0) is 8.43. The number of rotatable bonds is 1. The quantitative estimate of drug-likeness (QED) is 0.410. The van der Waals surface area contributed by atoms with Gasteiger partial charge < -0.3 is 5.43 Å². The van der Waals surface area contributed by atoms with E-state index in [1.54, 1.807) is 0 Å². The van der Waals surface area contributed by atoms with Crippen LogP contribution in [0.15, 0.2) is 12.1 Å². The van der Waals surface area contributed by atoms with Gasteiger partial charge in [-0.15, -0.1) is 12.4 Å². The number of hydrogen-bond donors (Lipinski definition) is 2. The highest BCUT2D eigenvalue weighted by atomic mass is 35.5. The summed E-state index contributed by atoms with van der Waals surface area (Å²) >= 11 is 0. The molecule has 1 aromatic carbocycles. The van der Waals surface area contributed by atoms with Crippen molar-refractivity contribution in [3.8, 4) is 0 Å². The van der Waals surface area contributed by atoms with Gasteiger partial charge in [0.1, 0.15) is 0 Å². The zero-order valence-corrected chi connectivity index (χ0v) is 6.59. The van der Waals surface area contributed by atoms with Crippen molar-refractivity contribution in [2.75, 3.05) is 5.43 Å². The molecule has 0 aliphatic carbocycles. The molecule has 12 heavy (non-hydrogen) atoms. The van der Waals surface area contributed by atoms with E-state index in [9.17, 15) is 13.2 Å². The van der Waals surface area contributed by atoms with Crippen LogP contribution >= 0.6 is 12.4 Å². The number of hydrogen-bond acceptors (Lipinski definition) is 2. The lowest BCUT2D eigenvalue weighted by atomic mass is 10.3. The van der Waals surface area contributed by atoms with E-state index in [0.29, 0.717) is 0 Å². The molecule has 0 saturated carbocycles. The van der Waals surface area contributed by atoms with Crippen molar-refractivity contribution in [2.24, 2.45) is 5.84 Å². The minimum absolute atomic E-state index is 0. The topological polar surface area (TPSA) is 38.0 Å². The molecular formula is C6H6ClF3N2. The third-order valence-electron chi connectivity index (χ3n) is 1.19. The van der Waals surface area contributed by atoms with Crippen molar-refractivity contribution in [1.29, 1.82) is 0 Å². The summed E-state index contributed by atoms with van der Waals surface area (Å²) in [7, 11) is 0. The number of benzene rings is 1. The van der Waals surface area contributed by atoms with Crippen LogP contribution in [0.25, 0.3) is 0 Å². The Labute approximate surface area is 72.9 Å². The second kappa shape index (κ2) is 4.18. The van der Waals surface area contributed by atoms with Crippen LogP contribution in [0.1, 0.15) is 0 Å². The van der Waals surface area contributed by atoms with Crippen molar-refractivity contribution in [1.82, 2.24) is 0 Å². The lowest BCUT2D eigenvalue weighted by molar-refractivity contribution is 0.449. The van der Waals surface area contributed by atoms with Gasteiger partial charge in [-0.05, 0) is 12.1 Å². The Balaban J connectivity index is 0.00000121. The molecule has 0 fully saturated rings.